The molecule has 0 aliphatic carbocycles. The average molecular weight is 358 g/mol. The van der Waals surface area contributed by atoms with Gasteiger partial charge in [-0.05, 0) is 59.5 Å². The first-order chi connectivity index (χ1) is 8.61. The summed E-state index contributed by atoms with van der Waals surface area (Å²) in [6, 6.07) is 9.79. The predicted octanol–water partition coefficient (Wildman–Crippen LogP) is 3.41. The zero-order valence-electron chi connectivity index (χ0n) is 11.3. The molecule has 2 nitrogen and oxygen atoms in total. The molecule has 1 aliphatic heterocycles. The largest absolute Gasteiger partial charge is 0.327 e. The van der Waals surface area contributed by atoms with E-state index in [9.17, 15) is 0 Å². The van der Waals surface area contributed by atoms with Gasteiger partial charge in [0.15, 0.2) is 0 Å². The van der Waals surface area contributed by atoms with E-state index >= 15 is 0 Å². The zero-order chi connectivity index (χ0) is 13.1. The van der Waals surface area contributed by atoms with Crippen molar-refractivity contribution in [1.82, 2.24) is 4.90 Å². The Morgan fingerprint density at radius 3 is 2.67 bits per heavy atom. The standard InChI is InChI=1S/C15H23IN2/c1-3-12-10-18(9-8-15(12)17)11(2)13-4-6-14(16)7-5-13/h4-7,11-12,15H,3,8-10,17H2,1-2H3. The molecular weight excluding hydrogens is 335 g/mol. The molecule has 2 rings (SSSR count). The minimum Gasteiger partial charge on any atom is -0.327 e. The van der Waals surface area contributed by atoms with Gasteiger partial charge in [0.1, 0.15) is 0 Å². The lowest BCUT2D eigenvalue weighted by Gasteiger charge is -2.40. The quantitative estimate of drug-likeness (QED) is 0.839. The number of nitrogens with zero attached hydrogens (tertiary/aromatic N) is 1. The molecule has 3 unspecified atom stereocenters. The van der Waals surface area contributed by atoms with Gasteiger partial charge in [0.05, 0.1) is 0 Å². The highest BCUT2D eigenvalue weighted by atomic mass is 127. The third-order valence-corrected chi connectivity index (χ3v) is 4.97. The SMILES string of the molecule is CCC1CN(C(C)c2ccc(I)cc2)CCC1N. The van der Waals surface area contributed by atoms with Crippen LogP contribution >= 0.6 is 22.6 Å². The number of halogens is 1. The first kappa shape index (κ1) is 14.3. The number of rotatable bonds is 3. The van der Waals surface area contributed by atoms with Crippen LogP contribution in [0.3, 0.4) is 0 Å². The van der Waals surface area contributed by atoms with E-state index in [1.54, 1.807) is 0 Å². The van der Waals surface area contributed by atoms with E-state index in [1.165, 1.54) is 15.6 Å². The fourth-order valence-electron chi connectivity index (χ4n) is 2.81. The van der Waals surface area contributed by atoms with Crippen molar-refractivity contribution in [3.63, 3.8) is 0 Å². The molecule has 2 N–H and O–H groups in total. The predicted molar refractivity (Wildman–Crippen MR) is 85.5 cm³/mol. The number of likely N-dealkylation sites (tertiary alicyclic amines) is 1. The third kappa shape index (κ3) is 3.25. The van der Waals surface area contributed by atoms with E-state index in [2.05, 4.69) is 65.6 Å². The summed E-state index contributed by atoms with van der Waals surface area (Å²) in [5.74, 6) is 0.657. The Morgan fingerprint density at radius 1 is 1.39 bits per heavy atom. The van der Waals surface area contributed by atoms with Gasteiger partial charge in [-0.25, -0.2) is 0 Å². The fourth-order valence-corrected chi connectivity index (χ4v) is 3.17. The zero-order valence-corrected chi connectivity index (χ0v) is 13.4. The summed E-state index contributed by atoms with van der Waals surface area (Å²) in [5, 5.41) is 0. The van der Waals surface area contributed by atoms with Crippen LogP contribution in [0.25, 0.3) is 0 Å². The van der Waals surface area contributed by atoms with Gasteiger partial charge in [0, 0.05) is 28.7 Å². The van der Waals surface area contributed by atoms with Crippen molar-refractivity contribution in [1.29, 1.82) is 0 Å². The van der Waals surface area contributed by atoms with Gasteiger partial charge in [0.25, 0.3) is 0 Å². The molecular formula is C15H23IN2. The van der Waals surface area contributed by atoms with E-state index in [0.717, 1.165) is 19.5 Å². The first-order valence-electron chi connectivity index (χ1n) is 6.87. The molecule has 1 aromatic rings. The molecule has 1 saturated heterocycles. The molecule has 0 saturated carbocycles. The summed E-state index contributed by atoms with van der Waals surface area (Å²) in [6.45, 7) is 6.84. The summed E-state index contributed by atoms with van der Waals surface area (Å²) in [6.07, 6.45) is 2.32. The van der Waals surface area contributed by atoms with Gasteiger partial charge < -0.3 is 5.73 Å². The second-order valence-electron chi connectivity index (χ2n) is 5.34. The van der Waals surface area contributed by atoms with Crippen molar-refractivity contribution >= 4 is 22.6 Å². The smallest absolute Gasteiger partial charge is 0.0320 e. The normalized spacial score (nSPS) is 27.1. The fraction of sp³-hybridized carbons (Fsp3) is 0.600. The molecule has 100 valence electrons. The second-order valence-corrected chi connectivity index (χ2v) is 6.59. The number of hydrogen-bond acceptors (Lipinski definition) is 2. The Kier molecular flexibility index (Phi) is 5.04. The van der Waals surface area contributed by atoms with E-state index in [-0.39, 0.29) is 0 Å². The average Bonchev–Trinajstić information content (AvgIpc) is 2.39. The Bertz CT molecular complexity index is 377. The summed E-state index contributed by atoms with van der Waals surface area (Å²) < 4.78 is 1.30. The van der Waals surface area contributed by atoms with Gasteiger partial charge in [-0.2, -0.15) is 0 Å². The Morgan fingerprint density at radius 2 is 2.06 bits per heavy atom. The van der Waals surface area contributed by atoms with Crippen LogP contribution in [0, 0.1) is 9.49 Å². The van der Waals surface area contributed by atoms with Gasteiger partial charge in [-0.1, -0.05) is 25.5 Å². The number of benzene rings is 1. The highest BCUT2D eigenvalue weighted by Gasteiger charge is 2.28. The molecule has 3 heteroatoms. The maximum absolute atomic E-state index is 6.18. The van der Waals surface area contributed by atoms with Crippen molar-refractivity contribution in [3.05, 3.63) is 33.4 Å². The van der Waals surface area contributed by atoms with E-state index in [4.69, 9.17) is 5.73 Å². The van der Waals surface area contributed by atoms with Crippen LogP contribution in [0.1, 0.15) is 38.3 Å². The second kappa shape index (κ2) is 6.35. The van der Waals surface area contributed by atoms with Crippen molar-refractivity contribution < 1.29 is 0 Å². The summed E-state index contributed by atoms with van der Waals surface area (Å²) in [5.41, 5.74) is 7.60. The summed E-state index contributed by atoms with van der Waals surface area (Å²) >= 11 is 2.36. The maximum Gasteiger partial charge on any atom is 0.0320 e. The number of piperidine rings is 1. The number of nitrogens with two attached hydrogens (primary N) is 1. The van der Waals surface area contributed by atoms with Crippen molar-refractivity contribution in [2.24, 2.45) is 11.7 Å². The van der Waals surface area contributed by atoms with Crippen LogP contribution in [-0.2, 0) is 0 Å². The molecule has 0 aromatic heterocycles. The Balaban J connectivity index is 2.05. The van der Waals surface area contributed by atoms with Crippen molar-refractivity contribution in [3.8, 4) is 0 Å². The molecule has 0 amide bonds. The van der Waals surface area contributed by atoms with Crippen LogP contribution in [0.5, 0.6) is 0 Å². The highest BCUT2D eigenvalue weighted by molar-refractivity contribution is 14.1. The van der Waals surface area contributed by atoms with Crippen LogP contribution < -0.4 is 5.73 Å². The third-order valence-electron chi connectivity index (χ3n) is 4.25. The van der Waals surface area contributed by atoms with Crippen LogP contribution in [0.2, 0.25) is 0 Å². The van der Waals surface area contributed by atoms with Gasteiger partial charge in [-0.15, -0.1) is 0 Å². The number of hydrogen-bond donors (Lipinski definition) is 1. The molecule has 3 atom stereocenters. The monoisotopic (exact) mass is 358 g/mol. The Labute approximate surface area is 124 Å². The minimum atomic E-state index is 0.398. The van der Waals surface area contributed by atoms with E-state index in [1.807, 2.05) is 0 Å². The molecule has 18 heavy (non-hydrogen) atoms. The molecule has 0 radical (unpaired) electrons. The molecule has 1 fully saturated rings. The van der Waals surface area contributed by atoms with Gasteiger partial charge >= 0.3 is 0 Å². The lowest BCUT2D eigenvalue weighted by atomic mass is 9.89. The van der Waals surface area contributed by atoms with Crippen LogP contribution in [0.15, 0.2) is 24.3 Å². The van der Waals surface area contributed by atoms with Crippen molar-refractivity contribution in [2.75, 3.05) is 13.1 Å². The molecule has 0 bridgehead atoms. The van der Waals surface area contributed by atoms with Crippen molar-refractivity contribution in [2.45, 2.75) is 38.8 Å². The van der Waals surface area contributed by atoms with E-state index < -0.39 is 0 Å². The topological polar surface area (TPSA) is 29.3 Å². The molecule has 0 spiro atoms. The Hall–Kier alpha value is -0.130. The molecule has 1 aromatic carbocycles. The van der Waals surface area contributed by atoms with Gasteiger partial charge in [0.2, 0.25) is 0 Å². The first-order valence-corrected chi connectivity index (χ1v) is 7.94. The lowest BCUT2D eigenvalue weighted by Crippen LogP contribution is -2.47. The molecule has 1 aliphatic rings. The van der Waals surface area contributed by atoms with Crippen LogP contribution in [0.4, 0.5) is 0 Å². The maximum atomic E-state index is 6.18. The summed E-state index contributed by atoms with van der Waals surface area (Å²) in [7, 11) is 0. The summed E-state index contributed by atoms with van der Waals surface area (Å²) in [4.78, 5) is 2.58. The lowest BCUT2D eigenvalue weighted by molar-refractivity contribution is 0.114. The highest BCUT2D eigenvalue weighted by Crippen LogP contribution is 2.27. The van der Waals surface area contributed by atoms with Gasteiger partial charge in [-0.3, -0.25) is 4.90 Å². The molecule has 1 heterocycles. The minimum absolute atomic E-state index is 0.398. The van der Waals surface area contributed by atoms with E-state index in [0.29, 0.717) is 18.0 Å². The van der Waals surface area contributed by atoms with Crippen LogP contribution in [-0.4, -0.2) is 24.0 Å².